The second-order valence-corrected chi connectivity index (χ2v) is 5.36. The van der Waals surface area contributed by atoms with Crippen molar-refractivity contribution in [2.24, 2.45) is 0 Å². The van der Waals surface area contributed by atoms with Crippen molar-refractivity contribution in [1.29, 1.82) is 0 Å². The van der Waals surface area contributed by atoms with Gasteiger partial charge in [0.05, 0.1) is 12.0 Å². The van der Waals surface area contributed by atoms with E-state index in [2.05, 4.69) is 0 Å². The number of halogens is 2. The van der Waals surface area contributed by atoms with Crippen LogP contribution in [0.3, 0.4) is 0 Å². The van der Waals surface area contributed by atoms with Gasteiger partial charge in [-0.25, -0.2) is 4.39 Å². The SMILES string of the molecule is CN1C(=O)Cc2cc(C(=O)c3cc(Cl)ccc3F)ccc21. The van der Waals surface area contributed by atoms with Crippen molar-refractivity contribution in [3.05, 3.63) is 63.9 Å². The van der Waals surface area contributed by atoms with E-state index in [0.29, 0.717) is 10.6 Å². The zero-order valence-corrected chi connectivity index (χ0v) is 11.9. The molecule has 1 aliphatic rings. The van der Waals surface area contributed by atoms with Crippen molar-refractivity contribution in [2.75, 3.05) is 11.9 Å². The molecule has 1 aliphatic heterocycles. The van der Waals surface area contributed by atoms with Crippen molar-refractivity contribution < 1.29 is 14.0 Å². The molecule has 1 heterocycles. The maximum Gasteiger partial charge on any atom is 0.231 e. The number of hydrogen-bond donors (Lipinski definition) is 0. The Morgan fingerprint density at radius 1 is 1.24 bits per heavy atom. The van der Waals surface area contributed by atoms with Crippen LogP contribution in [0.15, 0.2) is 36.4 Å². The summed E-state index contributed by atoms with van der Waals surface area (Å²) < 4.78 is 13.8. The molecule has 0 aromatic heterocycles. The van der Waals surface area contributed by atoms with Crippen LogP contribution in [-0.2, 0) is 11.2 Å². The second kappa shape index (κ2) is 4.97. The summed E-state index contributed by atoms with van der Waals surface area (Å²) in [4.78, 5) is 25.6. The molecule has 2 aromatic rings. The Hall–Kier alpha value is -2.20. The van der Waals surface area contributed by atoms with Crippen LogP contribution in [0.5, 0.6) is 0 Å². The maximum atomic E-state index is 13.8. The summed E-state index contributed by atoms with van der Waals surface area (Å²) in [6, 6.07) is 8.81. The molecule has 21 heavy (non-hydrogen) atoms. The van der Waals surface area contributed by atoms with E-state index in [9.17, 15) is 14.0 Å². The Balaban J connectivity index is 2.02. The number of carbonyl (C=O) groups excluding carboxylic acids is 2. The number of ketones is 1. The third-order valence-corrected chi connectivity index (χ3v) is 3.83. The zero-order chi connectivity index (χ0) is 15.1. The van der Waals surface area contributed by atoms with Crippen LogP contribution in [0.4, 0.5) is 10.1 Å². The molecule has 5 heteroatoms. The first-order valence-corrected chi connectivity index (χ1v) is 6.74. The number of amides is 1. The summed E-state index contributed by atoms with van der Waals surface area (Å²) in [7, 11) is 1.69. The number of hydrogen-bond acceptors (Lipinski definition) is 2. The molecule has 1 amide bonds. The molecular weight excluding hydrogens is 293 g/mol. The van der Waals surface area contributed by atoms with Gasteiger partial charge in [-0.1, -0.05) is 11.6 Å². The van der Waals surface area contributed by atoms with Crippen LogP contribution < -0.4 is 4.90 Å². The first-order chi connectivity index (χ1) is 9.97. The van der Waals surface area contributed by atoms with Gasteiger partial charge in [-0.15, -0.1) is 0 Å². The quantitative estimate of drug-likeness (QED) is 0.799. The minimum atomic E-state index is -0.613. The highest BCUT2D eigenvalue weighted by Gasteiger charge is 2.25. The predicted octanol–water partition coefficient (Wildman–Crippen LogP) is 3.23. The van der Waals surface area contributed by atoms with Crippen molar-refractivity contribution in [2.45, 2.75) is 6.42 Å². The van der Waals surface area contributed by atoms with Gasteiger partial charge in [0.1, 0.15) is 5.82 Å². The van der Waals surface area contributed by atoms with Crippen molar-refractivity contribution >= 4 is 29.0 Å². The van der Waals surface area contributed by atoms with Crippen molar-refractivity contribution in [1.82, 2.24) is 0 Å². The Morgan fingerprint density at radius 3 is 2.76 bits per heavy atom. The van der Waals surface area contributed by atoms with Crippen LogP contribution in [0.1, 0.15) is 21.5 Å². The van der Waals surface area contributed by atoms with Crippen molar-refractivity contribution in [3.8, 4) is 0 Å². The first-order valence-electron chi connectivity index (χ1n) is 6.36. The molecule has 0 spiro atoms. The number of fused-ring (bicyclic) bond motifs is 1. The van der Waals surface area contributed by atoms with Crippen LogP contribution in [0.25, 0.3) is 0 Å². The van der Waals surface area contributed by atoms with Gasteiger partial charge in [0, 0.05) is 23.3 Å². The molecule has 0 N–H and O–H groups in total. The summed E-state index contributed by atoms with van der Waals surface area (Å²) >= 11 is 5.81. The molecule has 0 bridgehead atoms. The van der Waals surface area contributed by atoms with Crippen LogP contribution in [0.2, 0.25) is 5.02 Å². The van der Waals surface area contributed by atoms with Gasteiger partial charge in [-0.05, 0) is 42.0 Å². The Kier molecular flexibility index (Phi) is 3.26. The molecule has 0 saturated heterocycles. The normalized spacial score (nSPS) is 13.5. The number of carbonyl (C=O) groups is 2. The van der Waals surface area contributed by atoms with E-state index in [1.165, 1.54) is 18.2 Å². The zero-order valence-electron chi connectivity index (χ0n) is 11.2. The third kappa shape index (κ3) is 2.32. The Bertz CT molecular complexity index is 773. The van der Waals surface area contributed by atoms with E-state index in [1.54, 1.807) is 30.1 Å². The molecule has 0 unspecified atom stereocenters. The topological polar surface area (TPSA) is 37.4 Å². The second-order valence-electron chi connectivity index (χ2n) is 4.93. The number of rotatable bonds is 2. The highest BCUT2D eigenvalue weighted by Crippen LogP contribution is 2.29. The molecule has 3 nitrogen and oxygen atoms in total. The molecule has 0 saturated carbocycles. The molecule has 0 atom stereocenters. The highest BCUT2D eigenvalue weighted by atomic mass is 35.5. The first kappa shape index (κ1) is 13.8. The average Bonchev–Trinajstić information content (AvgIpc) is 2.75. The van der Waals surface area contributed by atoms with Crippen molar-refractivity contribution in [3.63, 3.8) is 0 Å². The summed E-state index contributed by atoms with van der Waals surface area (Å²) in [6.45, 7) is 0. The van der Waals surface area contributed by atoms with E-state index in [0.717, 1.165) is 11.3 Å². The van der Waals surface area contributed by atoms with Gasteiger partial charge in [-0.2, -0.15) is 0 Å². The third-order valence-electron chi connectivity index (χ3n) is 3.59. The van der Waals surface area contributed by atoms with Gasteiger partial charge < -0.3 is 4.90 Å². The van der Waals surface area contributed by atoms with Gasteiger partial charge in [0.25, 0.3) is 0 Å². The number of benzene rings is 2. The summed E-state index contributed by atoms with van der Waals surface area (Å²) in [5.74, 6) is -1.08. The van der Waals surface area contributed by atoms with E-state index in [-0.39, 0.29) is 17.9 Å². The van der Waals surface area contributed by atoms with E-state index < -0.39 is 11.6 Å². The summed E-state index contributed by atoms with van der Waals surface area (Å²) in [5, 5.41) is 0.302. The largest absolute Gasteiger partial charge is 0.315 e. The van der Waals surface area contributed by atoms with Gasteiger partial charge in [0.2, 0.25) is 5.91 Å². The lowest BCUT2D eigenvalue weighted by molar-refractivity contribution is -0.117. The highest BCUT2D eigenvalue weighted by molar-refractivity contribution is 6.31. The van der Waals surface area contributed by atoms with E-state index in [1.807, 2.05) is 0 Å². The van der Waals surface area contributed by atoms with Gasteiger partial charge in [0.15, 0.2) is 5.78 Å². The fourth-order valence-electron chi connectivity index (χ4n) is 2.44. The van der Waals surface area contributed by atoms with E-state index >= 15 is 0 Å². The lowest BCUT2D eigenvalue weighted by Crippen LogP contribution is -2.20. The van der Waals surface area contributed by atoms with E-state index in [4.69, 9.17) is 11.6 Å². The predicted molar refractivity (Wildman–Crippen MR) is 78.4 cm³/mol. The molecule has 0 radical (unpaired) electrons. The average molecular weight is 304 g/mol. The van der Waals surface area contributed by atoms with Crippen LogP contribution in [-0.4, -0.2) is 18.7 Å². The van der Waals surface area contributed by atoms with Crippen LogP contribution in [0, 0.1) is 5.82 Å². The molecule has 0 aliphatic carbocycles. The molecule has 3 rings (SSSR count). The minimum Gasteiger partial charge on any atom is -0.315 e. The molecule has 106 valence electrons. The van der Waals surface area contributed by atoms with Gasteiger partial charge in [-0.3, -0.25) is 9.59 Å². The van der Waals surface area contributed by atoms with Crippen LogP contribution >= 0.6 is 11.6 Å². The lowest BCUT2D eigenvalue weighted by atomic mass is 10.00. The summed E-state index contributed by atoms with van der Waals surface area (Å²) in [6.07, 6.45) is 0.255. The number of anilines is 1. The fraction of sp³-hybridized carbons (Fsp3) is 0.125. The van der Waals surface area contributed by atoms with Gasteiger partial charge >= 0.3 is 0 Å². The monoisotopic (exact) mass is 303 g/mol. The Labute approximate surface area is 125 Å². The minimum absolute atomic E-state index is 0.0245. The smallest absolute Gasteiger partial charge is 0.231 e. The maximum absolute atomic E-state index is 13.8. The number of likely N-dealkylation sites (N-methyl/N-ethyl adjacent to an activating group) is 1. The lowest BCUT2D eigenvalue weighted by Gasteiger charge is -2.10. The molecule has 2 aromatic carbocycles. The Morgan fingerprint density at radius 2 is 2.00 bits per heavy atom. The standard InChI is InChI=1S/C16H11ClFNO2/c1-19-14-5-2-9(6-10(14)7-15(19)20)16(21)12-8-11(17)3-4-13(12)18/h2-6,8H,7H2,1H3. The number of nitrogens with zero attached hydrogens (tertiary/aromatic N) is 1. The fourth-order valence-corrected chi connectivity index (χ4v) is 2.61. The molecular formula is C16H11ClFNO2. The summed E-state index contributed by atoms with van der Waals surface area (Å²) in [5.41, 5.74) is 1.83. The molecule has 0 fully saturated rings.